The summed E-state index contributed by atoms with van der Waals surface area (Å²) in [5.74, 6) is 0. The Balaban J connectivity index is 2.64. The van der Waals surface area contributed by atoms with Crippen molar-refractivity contribution in [3.8, 4) is 0 Å². The lowest BCUT2D eigenvalue weighted by atomic mass is 10.2. The van der Waals surface area contributed by atoms with E-state index < -0.39 is 6.09 Å². The molecule has 0 atom stereocenters. The molecule has 0 fully saturated rings. The number of hydrogen-bond acceptors (Lipinski definition) is 2. The van der Waals surface area contributed by atoms with Crippen molar-refractivity contribution in [1.29, 1.82) is 0 Å². The van der Waals surface area contributed by atoms with Crippen LogP contribution in [0.2, 0.25) is 0 Å². The van der Waals surface area contributed by atoms with Crippen LogP contribution in [0.5, 0.6) is 0 Å². The third-order valence-corrected chi connectivity index (χ3v) is 1.46. The lowest BCUT2D eigenvalue weighted by Gasteiger charge is -2.03. The summed E-state index contributed by atoms with van der Waals surface area (Å²) in [5.41, 5.74) is 0.871. The summed E-state index contributed by atoms with van der Waals surface area (Å²) in [6, 6.07) is 9.31. The Morgan fingerprint density at radius 1 is 1.46 bits per heavy atom. The van der Waals surface area contributed by atoms with Crippen molar-refractivity contribution in [2.24, 2.45) is 5.10 Å². The SMILES string of the molecule is CN(/N=C/c1ccccc1)C(=O)O. The highest BCUT2D eigenvalue weighted by atomic mass is 16.4. The summed E-state index contributed by atoms with van der Waals surface area (Å²) >= 11 is 0. The van der Waals surface area contributed by atoms with Crippen LogP contribution in [-0.2, 0) is 0 Å². The molecule has 1 rings (SSSR count). The Hall–Kier alpha value is -1.84. The van der Waals surface area contributed by atoms with Crippen LogP contribution in [0.3, 0.4) is 0 Å². The first kappa shape index (κ1) is 9.25. The average Bonchev–Trinajstić information content (AvgIpc) is 2.15. The normalized spacial score (nSPS) is 10.2. The topological polar surface area (TPSA) is 52.9 Å². The van der Waals surface area contributed by atoms with Gasteiger partial charge in [0.1, 0.15) is 0 Å². The van der Waals surface area contributed by atoms with Gasteiger partial charge in [0.15, 0.2) is 0 Å². The molecular weight excluding hydrogens is 168 g/mol. The Labute approximate surface area is 76.1 Å². The molecule has 13 heavy (non-hydrogen) atoms. The van der Waals surface area contributed by atoms with Gasteiger partial charge in [-0.2, -0.15) is 5.10 Å². The van der Waals surface area contributed by atoms with Crippen LogP contribution in [0.4, 0.5) is 4.79 Å². The van der Waals surface area contributed by atoms with E-state index in [4.69, 9.17) is 5.11 Å². The summed E-state index contributed by atoms with van der Waals surface area (Å²) < 4.78 is 0. The zero-order valence-electron chi connectivity index (χ0n) is 7.21. The molecule has 0 aliphatic rings. The van der Waals surface area contributed by atoms with Crippen LogP contribution in [0.15, 0.2) is 35.4 Å². The number of hydrazone groups is 1. The third-order valence-electron chi connectivity index (χ3n) is 1.46. The van der Waals surface area contributed by atoms with Gasteiger partial charge in [0.05, 0.1) is 6.21 Å². The van der Waals surface area contributed by atoms with Crippen molar-refractivity contribution in [2.45, 2.75) is 0 Å². The van der Waals surface area contributed by atoms with Crippen molar-refractivity contribution < 1.29 is 9.90 Å². The predicted octanol–water partition coefficient (Wildman–Crippen LogP) is 1.63. The summed E-state index contributed by atoms with van der Waals surface area (Å²) in [4.78, 5) is 10.3. The Morgan fingerprint density at radius 3 is 2.62 bits per heavy atom. The predicted molar refractivity (Wildman–Crippen MR) is 49.8 cm³/mol. The van der Waals surface area contributed by atoms with Gasteiger partial charge in [-0.1, -0.05) is 30.3 Å². The number of carbonyl (C=O) groups is 1. The molecule has 0 radical (unpaired) electrons. The van der Waals surface area contributed by atoms with E-state index in [1.54, 1.807) is 0 Å². The molecular formula is C9H10N2O2. The minimum absolute atomic E-state index is 0.854. The molecule has 1 aromatic carbocycles. The van der Waals surface area contributed by atoms with Gasteiger partial charge < -0.3 is 5.11 Å². The Morgan fingerprint density at radius 2 is 2.08 bits per heavy atom. The first-order valence-corrected chi connectivity index (χ1v) is 3.76. The van der Waals surface area contributed by atoms with E-state index in [9.17, 15) is 4.79 Å². The standard InChI is InChI=1S/C9H10N2O2/c1-11(9(12)13)10-7-8-5-3-2-4-6-8/h2-7H,1H3,(H,12,13)/b10-7+. The fourth-order valence-corrected chi connectivity index (χ4v) is 0.742. The molecule has 0 bridgehead atoms. The molecule has 68 valence electrons. The molecule has 0 aromatic heterocycles. The lowest BCUT2D eigenvalue weighted by Crippen LogP contribution is -2.18. The second-order valence-corrected chi connectivity index (χ2v) is 2.46. The molecule has 0 spiro atoms. The van der Waals surface area contributed by atoms with Crippen molar-refractivity contribution in [3.05, 3.63) is 35.9 Å². The fraction of sp³-hybridized carbons (Fsp3) is 0.111. The molecule has 0 unspecified atom stereocenters. The van der Waals surface area contributed by atoms with Crippen molar-refractivity contribution >= 4 is 12.3 Å². The zero-order chi connectivity index (χ0) is 9.68. The summed E-state index contributed by atoms with van der Waals surface area (Å²) in [5, 5.41) is 13.0. The van der Waals surface area contributed by atoms with Crippen LogP contribution in [0.25, 0.3) is 0 Å². The van der Waals surface area contributed by atoms with E-state index in [0.717, 1.165) is 10.6 Å². The van der Waals surface area contributed by atoms with Crippen LogP contribution < -0.4 is 0 Å². The van der Waals surface area contributed by atoms with Gasteiger partial charge >= 0.3 is 6.09 Å². The average molecular weight is 178 g/mol. The molecule has 0 heterocycles. The molecule has 0 saturated carbocycles. The van der Waals surface area contributed by atoms with E-state index in [0.29, 0.717) is 0 Å². The highest BCUT2D eigenvalue weighted by Gasteiger charge is 1.99. The monoisotopic (exact) mass is 178 g/mol. The van der Waals surface area contributed by atoms with Crippen LogP contribution in [0.1, 0.15) is 5.56 Å². The van der Waals surface area contributed by atoms with Crippen LogP contribution in [0, 0.1) is 0 Å². The lowest BCUT2D eigenvalue weighted by molar-refractivity contribution is 0.158. The maximum atomic E-state index is 10.3. The summed E-state index contributed by atoms with van der Waals surface area (Å²) in [6.45, 7) is 0. The molecule has 0 saturated heterocycles. The highest BCUT2D eigenvalue weighted by molar-refractivity contribution is 5.80. The fourth-order valence-electron chi connectivity index (χ4n) is 0.742. The largest absolute Gasteiger partial charge is 0.464 e. The van der Waals surface area contributed by atoms with E-state index in [1.165, 1.54) is 13.3 Å². The quantitative estimate of drug-likeness (QED) is 0.552. The molecule has 1 aromatic rings. The minimum atomic E-state index is -1.08. The van der Waals surface area contributed by atoms with Crippen LogP contribution in [-0.4, -0.2) is 29.5 Å². The summed E-state index contributed by atoms with van der Waals surface area (Å²) in [7, 11) is 1.38. The number of benzene rings is 1. The summed E-state index contributed by atoms with van der Waals surface area (Å²) in [6.07, 6.45) is 0.417. The third kappa shape index (κ3) is 2.94. The smallest absolute Gasteiger partial charge is 0.427 e. The maximum absolute atomic E-state index is 10.3. The number of nitrogens with zero attached hydrogens (tertiary/aromatic N) is 2. The number of carboxylic acid groups (broad SMARTS) is 1. The van der Waals surface area contributed by atoms with Crippen LogP contribution >= 0.6 is 0 Å². The van der Waals surface area contributed by atoms with Crippen molar-refractivity contribution in [1.82, 2.24) is 5.01 Å². The van der Waals surface area contributed by atoms with Gasteiger partial charge in [-0.15, -0.1) is 0 Å². The first-order valence-electron chi connectivity index (χ1n) is 3.76. The Kier molecular flexibility index (Phi) is 3.03. The molecule has 4 nitrogen and oxygen atoms in total. The van der Waals surface area contributed by atoms with Gasteiger partial charge in [0.25, 0.3) is 0 Å². The van der Waals surface area contributed by atoms with Gasteiger partial charge in [0.2, 0.25) is 0 Å². The van der Waals surface area contributed by atoms with Gasteiger partial charge in [-0.3, -0.25) is 0 Å². The van der Waals surface area contributed by atoms with Gasteiger partial charge in [-0.05, 0) is 5.56 Å². The van der Waals surface area contributed by atoms with E-state index >= 15 is 0 Å². The van der Waals surface area contributed by atoms with E-state index in [2.05, 4.69) is 5.10 Å². The number of amides is 1. The van der Waals surface area contributed by atoms with Gasteiger partial charge in [0, 0.05) is 7.05 Å². The highest BCUT2D eigenvalue weighted by Crippen LogP contribution is 1.94. The molecule has 0 aliphatic heterocycles. The second kappa shape index (κ2) is 4.25. The van der Waals surface area contributed by atoms with Crippen molar-refractivity contribution in [2.75, 3.05) is 7.05 Å². The minimum Gasteiger partial charge on any atom is -0.464 e. The Bertz CT molecular complexity index is 309. The molecule has 0 aliphatic carbocycles. The number of rotatable bonds is 2. The first-order chi connectivity index (χ1) is 6.20. The molecule has 4 heteroatoms. The zero-order valence-corrected chi connectivity index (χ0v) is 7.21. The van der Waals surface area contributed by atoms with E-state index in [-0.39, 0.29) is 0 Å². The van der Waals surface area contributed by atoms with Gasteiger partial charge in [-0.25, -0.2) is 9.80 Å². The number of hydrogen-bond donors (Lipinski definition) is 1. The molecule has 1 N–H and O–H groups in total. The van der Waals surface area contributed by atoms with Crippen molar-refractivity contribution in [3.63, 3.8) is 0 Å². The van der Waals surface area contributed by atoms with E-state index in [1.807, 2.05) is 30.3 Å². The molecule has 1 amide bonds. The second-order valence-electron chi connectivity index (χ2n) is 2.46. The maximum Gasteiger partial charge on any atom is 0.427 e.